The number of aliphatic imine (C=N–C) groups is 2. The minimum absolute atomic E-state index is 0.00283. The van der Waals surface area contributed by atoms with Crippen molar-refractivity contribution in [2.45, 2.75) is 173 Å². The third-order valence-electron chi connectivity index (χ3n) is 14.7. The molecule has 0 aliphatic carbocycles. The van der Waals surface area contributed by atoms with E-state index in [1.54, 1.807) is 74.5 Å². The summed E-state index contributed by atoms with van der Waals surface area (Å²) in [6, 6.07) is 5.49. The summed E-state index contributed by atoms with van der Waals surface area (Å²) in [6.45, 7) is 10.3. The number of nitrogens with one attached hydrogen (secondary N) is 8. The minimum Gasteiger partial charge on any atom is -0.370 e. The van der Waals surface area contributed by atoms with E-state index in [0.29, 0.717) is 24.0 Å². The first-order valence-electron chi connectivity index (χ1n) is 28.7. The molecule has 3 aliphatic rings. The van der Waals surface area contributed by atoms with Crippen LogP contribution in [0.25, 0.3) is 0 Å². The van der Waals surface area contributed by atoms with E-state index in [9.17, 15) is 47.9 Å². The lowest BCUT2D eigenvalue weighted by atomic mass is 9.99. The van der Waals surface area contributed by atoms with Crippen LogP contribution in [-0.2, 0) is 60.8 Å². The Hall–Kier alpha value is -8.32. The first-order chi connectivity index (χ1) is 39.4. The number of nitrogens with two attached hydrogens (primary N) is 4. The van der Waals surface area contributed by atoms with Crippen molar-refractivity contribution in [1.29, 1.82) is 0 Å². The minimum atomic E-state index is -1.30. The largest absolute Gasteiger partial charge is 0.370 e. The molecule has 0 radical (unpaired) electrons. The maximum absolute atomic E-state index is 14.8. The van der Waals surface area contributed by atoms with Gasteiger partial charge in [-0.15, -0.1) is 0 Å². The number of nitrogens with zero attached hydrogens (tertiary/aromatic N) is 4. The van der Waals surface area contributed by atoms with Crippen LogP contribution in [0, 0.1) is 11.8 Å². The Labute approximate surface area is 485 Å². The molecule has 3 fully saturated rings. The van der Waals surface area contributed by atoms with Crippen molar-refractivity contribution >= 4 is 71.0 Å². The number of guanidine groups is 2. The number of amides is 10. The van der Waals surface area contributed by atoms with Gasteiger partial charge in [-0.2, -0.15) is 0 Å². The fourth-order valence-electron chi connectivity index (χ4n) is 10.3. The van der Waals surface area contributed by atoms with Gasteiger partial charge in [0.15, 0.2) is 11.9 Å². The van der Waals surface area contributed by atoms with Gasteiger partial charge in [0.05, 0.1) is 0 Å². The van der Waals surface area contributed by atoms with Crippen LogP contribution in [0.3, 0.4) is 0 Å². The molecule has 10 amide bonds. The molecule has 2 aromatic carbocycles. The Morgan fingerprint density at radius 2 is 0.855 bits per heavy atom. The zero-order valence-electron chi connectivity index (χ0n) is 48.5. The molecule has 0 spiro atoms. The van der Waals surface area contributed by atoms with E-state index in [1.165, 1.54) is 23.6 Å². The lowest BCUT2D eigenvalue weighted by Gasteiger charge is -2.32. The van der Waals surface area contributed by atoms with Gasteiger partial charge < -0.3 is 75.3 Å². The smallest absolute Gasteiger partial charge is 0.246 e. The highest BCUT2D eigenvalue weighted by Crippen LogP contribution is 2.23. The zero-order valence-corrected chi connectivity index (χ0v) is 48.5. The molecule has 3 saturated heterocycles. The van der Waals surface area contributed by atoms with Gasteiger partial charge in [0.1, 0.15) is 60.4 Å². The maximum atomic E-state index is 14.8. The second-order valence-corrected chi connectivity index (χ2v) is 22.3. The Morgan fingerprint density at radius 1 is 0.482 bits per heavy atom. The number of fused-ring (bicyclic) bond motifs is 2. The summed E-state index contributed by atoms with van der Waals surface area (Å²) < 4.78 is 0. The van der Waals surface area contributed by atoms with Crippen molar-refractivity contribution in [2.24, 2.45) is 44.8 Å². The van der Waals surface area contributed by atoms with E-state index in [2.05, 4.69) is 52.5 Å². The molecule has 3 aliphatic heterocycles. The van der Waals surface area contributed by atoms with Gasteiger partial charge in [0, 0.05) is 39.0 Å². The van der Waals surface area contributed by atoms with Crippen molar-refractivity contribution in [1.82, 2.24) is 52.3 Å². The highest BCUT2D eigenvalue weighted by molar-refractivity contribution is 6.00. The summed E-state index contributed by atoms with van der Waals surface area (Å²) in [7, 11) is 0. The van der Waals surface area contributed by atoms with Crippen molar-refractivity contribution in [3.05, 3.63) is 71.8 Å². The van der Waals surface area contributed by atoms with Crippen molar-refractivity contribution in [3.8, 4) is 0 Å². The highest BCUT2D eigenvalue weighted by atomic mass is 16.2. The van der Waals surface area contributed by atoms with E-state index >= 15 is 0 Å². The topological polar surface area (TPSA) is 402 Å². The molecule has 10 atom stereocenters. The fourth-order valence-corrected chi connectivity index (χ4v) is 10.3. The van der Waals surface area contributed by atoms with Gasteiger partial charge in [-0.3, -0.25) is 57.9 Å². The normalized spacial score (nSPS) is 26.0. The first kappa shape index (κ1) is 65.5. The molecule has 0 saturated carbocycles. The Kier molecular flexibility index (Phi) is 25.1. The quantitative estimate of drug-likeness (QED) is 0.0532. The molecule has 26 nitrogen and oxygen atoms in total. The summed E-state index contributed by atoms with van der Waals surface area (Å²) in [6.07, 6.45) is 1.70. The predicted octanol–water partition coefficient (Wildman–Crippen LogP) is -1.81. The summed E-state index contributed by atoms with van der Waals surface area (Å²) in [5.74, 6) is -8.12. The van der Waals surface area contributed by atoms with E-state index in [-0.39, 0.29) is 102 Å². The highest BCUT2D eigenvalue weighted by Gasteiger charge is 2.42. The second kappa shape index (κ2) is 31.8. The van der Waals surface area contributed by atoms with Crippen LogP contribution in [0.15, 0.2) is 70.6 Å². The van der Waals surface area contributed by atoms with Crippen molar-refractivity contribution < 1.29 is 47.9 Å². The van der Waals surface area contributed by atoms with Gasteiger partial charge in [0.2, 0.25) is 59.1 Å². The first-order valence-corrected chi connectivity index (χ1v) is 28.7. The number of carbonyl (C=O) groups is 10. The van der Waals surface area contributed by atoms with Crippen molar-refractivity contribution in [3.63, 3.8) is 0 Å². The fraction of sp³-hybridized carbons (Fsp3) is 0.579. The van der Waals surface area contributed by atoms with E-state index in [4.69, 9.17) is 22.9 Å². The molecule has 0 unspecified atom stereocenters. The second-order valence-electron chi connectivity index (χ2n) is 22.3. The number of hydrogen-bond acceptors (Lipinski definition) is 12. The zero-order chi connectivity index (χ0) is 60.9. The Bertz CT molecular complexity index is 2650. The van der Waals surface area contributed by atoms with Crippen molar-refractivity contribution in [2.75, 3.05) is 26.2 Å². The lowest BCUT2D eigenvalue weighted by Crippen LogP contribution is -2.61. The Balaban J connectivity index is 1.55. The lowest BCUT2D eigenvalue weighted by molar-refractivity contribution is -0.143. The third kappa shape index (κ3) is 20.0. The number of carbonyl (C=O) groups excluding carboxylic acids is 10. The molecule has 26 heteroatoms. The van der Waals surface area contributed by atoms with Crippen LogP contribution in [0.2, 0.25) is 0 Å². The summed E-state index contributed by atoms with van der Waals surface area (Å²) in [4.78, 5) is 155. The average Bonchev–Trinajstić information content (AvgIpc) is 4.31. The van der Waals surface area contributed by atoms with Crippen LogP contribution < -0.4 is 65.5 Å². The number of rotatable bonds is 15. The third-order valence-corrected chi connectivity index (χ3v) is 14.7. The molecule has 3 heterocycles. The van der Waals surface area contributed by atoms with E-state index < -0.39 is 125 Å². The number of benzene rings is 2. The molecule has 16 N–H and O–H groups in total. The molecule has 0 aromatic heterocycles. The Morgan fingerprint density at radius 3 is 1.29 bits per heavy atom. The average molecular weight is 1160 g/mol. The summed E-state index contributed by atoms with van der Waals surface area (Å²) in [5, 5.41) is 22.1. The molecule has 83 heavy (non-hydrogen) atoms. The monoisotopic (exact) mass is 1150 g/mol. The summed E-state index contributed by atoms with van der Waals surface area (Å²) >= 11 is 0. The standard InChI is InChI=1S/C57H86N16O10/c1-32(2)29-40-50(78)70-42(31-37-19-11-8-12-20-37)55(83)72-27-15-23-43(72)51(79)65-35(6)46(74)66-38(21-13-25-62-56(58)59)48(76)64-34(5)47(75)69-41(30-36-17-9-7-10-18-36)54(82)73-28-16-24-44(73)52(80)71-45(33(3)4)53(81)67-39(49(77)68-40)22-14-26-63-57(60)61/h7-12,17-20,32-35,38-45H,13-16,21-31H2,1-6H3,(H,64,76)(H,65,79)(H,66,74)(H,67,81)(H,68,77)(H,69,75)(H,70,78)(H,71,80)(H4,58,59,62)(H4,60,61,63)/t34-,35-,38-,39-,40-,41+,42+,43-,44-,45-/m0/s1. The van der Waals surface area contributed by atoms with Gasteiger partial charge >= 0.3 is 0 Å². The van der Waals surface area contributed by atoms with Crippen LogP contribution in [0.4, 0.5) is 0 Å². The molecular weight excluding hydrogens is 1070 g/mol. The predicted molar refractivity (Wildman–Crippen MR) is 311 cm³/mol. The maximum Gasteiger partial charge on any atom is 0.246 e. The number of hydrogen-bond donors (Lipinski definition) is 12. The SMILES string of the molecule is CC(C)C[C@@H]1NC(=O)[C@H](CCCN=C(N)N)NC(=O)[C@H](C(C)C)NC(=O)[C@@H]2CCCN2C(=O)[C@@H](Cc2ccccc2)NC(=O)[C@H](C)NC(=O)[C@H](CCCN=C(N)N)NC(=O)[C@H](C)NC(=O)[C@@H]2CCCN2C(=O)[C@@H](Cc2ccccc2)NC1=O. The molecule has 0 bridgehead atoms. The van der Waals surface area contributed by atoms with E-state index in [1.807, 2.05) is 13.8 Å². The van der Waals surface area contributed by atoms with Gasteiger partial charge in [0.25, 0.3) is 0 Å². The molecule has 5 rings (SSSR count). The molecular formula is C57H86N16O10. The molecule has 454 valence electrons. The van der Waals surface area contributed by atoms with Crippen LogP contribution in [-0.4, -0.2) is 167 Å². The van der Waals surface area contributed by atoms with Crippen LogP contribution in [0.1, 0.15) is 110 Å². The molecule has 2 aromatic rings. The summed E-state index contributed by atoms with van der Waals surface area (Å²) in [5.41, 5.74) is 23.6. The van der Waals surface area contributed by atoms with Gasteiger partial charge in [-0.05, 0) is 94.6 Å². The van der Waals surface area contributed by atoms with Gasteiger partial charge in [-0.1, -0.05) is 88.4 Å². The van der Waals surface area contributed by atoms with Crippen LogP contribution in [0.5, 0.6) is 0 Å². The van der Waals surface area contributed by atoms with Crippen LogP contribution >= 0.6 is 0 Å². The van der Waals surface area contributed by atoms with Gasteiger partial charge in [-0.25, -0.2) is 0 Å². The van der Waals surface area contributed by atoms with E-state index in [0.717, 1.165) is 0 Å².